The molecule has 4 rings (SSSR count). The summed E-state index contributed by atoms with van der Waals surface area (Å²) in [7, 11) is 0. The Labute approximate surface area is 104 Å². The average Bonchev–Trinajstić information content (AvgIpc) is 2.30. The Morgan fingerprint density at radius 2 is 2.06 bits per heavy atom. The van der Waals surface area contributed by atoms with Crippen molar-refractivity contribution in [2.75, 3.05) is 32.4 Å². The van der Waals surface area contributed by atoms with Gasteiger partial charge in [0.15, 0.2) is 0 Å². The van der Waals surface area contributed by atoms with Crippen LogP contribution in [-0.2, 0) is 0 Å². The third-order valence-electron chi connectivity index (χ3n) is 5.04. The van der Waals surface area contributed by atoms with Crippen molar-refractivity contribution in [1.29, 1.82) is 0 Å². The van der Waals surface area contributed by atoms with E-state index in [-0.39, 0.29) is 0 Å². The minimum Gasteiger partial charge on any atom is -0.311 e. The molecule has 0 spiro atoms. The van der Waals surface area contributed by atoms with E-state index < -0.39 is 0 Å². The predicted octanol–water partition coefficient (Wildman–Crippen LogP) is 1.96. The van der Waals surface area contributed by atoms with Crippen molar-refractivity contribution in [3.8, 4) is 0 Å². The van der Waals surface area contributed by atoms with Crippen LogP contribution in [-0.4, -0.2) is 48.1 Å². The lowest BCUT2D eigenvalue weighted by atomic mass is 9.81. The fourth-order valence-electron chi connectivity index (χ4n) is 3.54. The quantitative estimate of drug-likeness (QED) is 0.809. The Bertz CT molecular complexity index is 239. The highest BCUT2D eigenvalue weighted by molar-refractivity contribution is 8.00. The van der Waals surface area contributed by atoms with E-state index in [1.165, 1.54) is 58.3 Å². The van der Waals surface area contributed by atoms with E-state index in [0.717, 1.165) is 12.0 Å². The normalized spacial score (nSPS) is 40.7. The summed E-state index contributed by atoms with van der Waals surface area (Å²) in [6.07, 6.45) is 9.47. The molecule has 0 aromatic heterocycles. The zero-order valence-corrected chi connectivity index (χ0v) is 11.2. The third kappa shape index (κ3) is 2.02. The Balaban J connectivity index is 1.51. The smallest absolute Gasteiger partial charge is 0.0281 e. The zero-order valence-electron chi connectivity index (χ0n) is 10.4. The average molecular weight is 240 g/mol. The first-order valence-corrected chi connectivity index (χ1v) is 8.05. The highest BCUT2D eigenvalue weighted by Gasteiger charge is 2.39. The van der Waals surface area contributed by atoms with Gasteiger partial charge in [0.05, 0.1) is 0 Å². The lowest BCUT2D eigenvalue weighted by molar-refractivity contribution is 0.0699. The van der Waals surface area contributed by atoms with E-state index in [1.54, 1.807) is 0 Å². The van der Waals surface area contributed by atoms with E-state index in [9.17, 15) is 0 Å². The first-order valence-electron chi connectivity index (χ1n) is 6.82. The molecule has 4 fully saturated rings. The first-order chi connectivity index (χ1) is 7.81. The summed E-state index contributed by atoms with van der Waals surface area (Å²) in [4.78, 5) is 2.64. The van der Waals surface area contributed by atoms with Crippen LogP contribution in [0.25, 0.3) is 0 Å². The lowest BCUT2D eigenvalue weighted by Crippen LogP contribution is -2.58. The van der Waals surface area contributed by atoms with Gasteiger partial charge in [0, 0.05) is 23.9 Å². The van der Waals surface area contributed by atoms with E-state index in [0.29, 0.717) is 4.75 Å². The molecule has 3 heteroatoms. The van der Waals surface area contributed by atoms with Crippen LogP contribution >= 0.6 is 11.8 Å². The first kappa shape index (κ1) is 11.4. The van der Waals surface area contributed by atoms with Crippen LogP contribution in [0.15, 0.2) is 0 Å². The van der Waals surface area contributed by atoms with Crippen molar-refractivity contribution in [1.82, 2.24) is 10.2 Å². The molecule has 92 valence electrons. The Hall–Kier alpha value is 0.270. The molecule has 1 saturated carbocycles. The number of fused-ring (bicyclic) bond motifs is 3. The molecule has 1 N–H and O–H groups in total. The molecule has 3 heterocycles. The van der Waals surface area contributed by atoms with Gasteiger partial charge in [-0.25, -0.2) is 0 Å². The minimum atomic E-state index is 0.603. The summed E-state index contributed by atoms with van der Waals surface area (Å²) in [5.74, 6) is 0.976. The minimum absolute atomic E-state index is 0.603. The van der Waals surface area contributed by atoms with Crippen LogP contribution in [0.5, 0.6) is 0 Å². The predicted molar refractivity (Wildman–Crippen MR) is 71.1 cm³/mol. The molecule has 3 saturated heterocycles. The van der Waals surface area contributed by atoms with Gasteiger partial charge in [0.2, 0.25) is 0 Å². The van der Waals surface area contributed by atoms with Crippen LogP contribution in [0.4, 0.5) is 0 Å². The molecule has 1 atom stereocenters. The summed E-state index contributed by atoms with van der Waals surface area (Å²) < 4.78 is 0.603. The number of nitrogens with one attached hydrogen (secondary N) is 1. The van der Waals surface area contributed by atoms with Gasteiger partial charge in [-0.1, -0.05) is 6.42 Å². The van der Waals surface area contributed by atoms with Crippen LogP contribution < -0.4 is 5.32 Å². The third-order valence-corrected chi connectivity index (χ3v) is 6.46. The fraction of sp³-hybridized carbons (Fsp3) is 1.00. The lowest BCUT2D eigenvalue weighted by Gasteiger charge is -2.48. The maximum Gasteiger partial charge on any atom is 0.0281 e. The van der Waals surface area contributed by atoms with Crippen LogP contribution in [0.3, 0.4) is 0 Å². The zero-order chi connectivity index (χ0) is 11.0. The van der Waals surface area contributed by atoms with E-state index in [1.807, 2.05) is 0 Å². The molecule has 0 amide bonds. The second-order valence-corrected chi connectivity index (χ2v) is 7.14. The Morgan fingerprint density at radius 1 is 1.31 bits per heavy atom. The molecule has 0 radical (unpaired) electrons. The van der Waals surface area contributed by atoms with Gasteiger partial charge in [0.1, 0.15) is 0 Å². The summed E-state index contributed by atoms with van der Waals surface area (Å²) in [5.41, 5.74) is 0. The van der Waals surface area contributed by atoms with E-state index >= 15 is 0 Å². The van der Waals surface area contributed by atoms with Crippen LogP contribution in [0.2, 0.25) is 0 Å². The molecular weight excluding hydrogens is 216 g/mol. The van der Waals surface area contributed by atoms with Gasteiger partial charge in [-0.3, -0.25) is 0 Å². The summed E-state index contributed by atoms with van der Waals surface area (Å²) in [6.45, 7) is 5.28. The van der Waals surface area contributed by atoms with Gasteiger partial charge in [-0.2, -0.15) is 11.8 Å². The molecule has 3 aliphatic heterocycles. The highest BCUT2D eigenvalue weighted by Crippen LogP contribution is 2.42. The van der Waals surface area contributed by atoms with Crippen molar-refractivity contribution in [3.05, 3.63) is 0 Å². The summed E-state index contributed by atoms with van der Waals surface area (Å²) in [6, 6.07) is 0.798. The molecule has 16 heavy (non-hydrogen) atoms. The van der Waals surface area contributed by atoms with Gasteiger partial charge in [-0.05, 0) is 50.9 Å². The van der Waals surface area contributed by atoms with Gasteiger partial charge in [0.25, 0.3) is 0 Å². The molecule has 4 aliphatic rings. The van der Waals surface area contributed by atoms with Gasteiger partial charge in [-0.15, -0.1) is 0 Å². The highest BCUT2D eigenvalue weighted by atomic mass is 32.2. The van der Waals surface area contributed by atoms with Gasteiger partial charge < -0.3 is 10.2 Å². The number of hydrogen-bond donors (Lipinski definition) is 1. The van der Waals surface area contributed by atoms with Gasteiger partial charge >= 0.3 is 0 Å². The monoisotopic (exact) mass is 240 g/mol. The van der Waals surface area contributed by atoms with Crippen molar-refractivity contribution in [3.63, 3.8) is 0 Å². The van der Waals surface area contributed by atoms with Crippen molar-refractivity contribution >= 4 is 11.8 Å². The number of piperidine rings is 3. The number of nitrogens with zero attached hydrogens (tertiary/aromatic N) is 1. The van der Waals surface area contributed by atoms with E-state index in [2.05, 4.69) is 28.2 Å². The van der Waals surface area contributed by atoms with Crippen molar-refractivity contribution < 1.29 is 0 Å². The van der Waals surface area contributed by atoms with Crippen LogP contribution in [0.1, 0.15) is 32.1 Å². The molecule has 1 unspecified atom stereocenters. The standard InChI is InChI=1S/C13H24N2S/c1-16-13(5-2-6-13)10-14-12-9-15-7-3-11(12)4-8-15/h11-12,14H,2-10H2,1H3. The number of thioether (sulfide) groups is 1. The maximum absolute atomic E-state index is 3.88. The SMILES string of the molecule is CSC1(CNC2CN3CCC2CC3)CCC1. The van der Waals surface area contributed by atoms with Crippen molar-refractivity contribution in [2.24, 2.45) is 5.92 Å². The maximum atomic E-state index is 3.88. The van der Waals surface area contributed by atoms with Crippen LogP contribution in [0, 0.1) is 5.92 Å². The molecule has 0 aromatic carbocycles. The largest absolute Gasteiger partial charge is 0.311 e. The second kappa shape index (κ2) is 4.51. The molecule has 0 aromatic rings. The fourth-order valence-corrected chi connectivity index (χ4v) is 4.46. The van der Waals surface area contributed by atoms with Crippen molar-refractivity contribution in [2.45, 2.75) is 42.9 Å². The number of rotatable bonds is 4. The second-order valence-electron chi connectivity index (χ2n) is 5.87. The summed E-state index contributed by atoms with van der Waals surface area (Å²) in [5, 5.41) is 3.88. The molecule has 1 aliphatic carbocycles. The number of hydrogen-bond acceptors (Lipinski definition) is 3. The topological polar surface area (TPSA) is 15.3 Å². The Morgan fingerprint density at radius 3 is 2.50 bits per heavy atom. The van der Waals surface area contributed by atoms with E-state index in [4.69, 9.17) is 0 Å². The summed E-state index contributed by atoms with van der Waals surface area (Å²) >= 11 is 2.09. The molecule has 2 nitrogen and oxygen atoms in total. The Kier molecular flexibility index (Phi) is 3.20. The molecular formula is C13H24N2S. The molecule has 2 bridgehead atoms.